The van der Waals surface area contributed by atoms with Gasteiger partial charge in [-0.05, 0) is 68.8 Å². The van der Waals surface area contributed by atoms with Crippen molar-refractivity contribution in [2.45, 2.75) is 51.1 Å². The van der Waals surface area contributed by atoms with E-state index in [1.54, 1.807) is 0 Å². The van der Waals surface area contributed by atoms with Crippen LogP contribution in [0.15, 0.2) is 18.2 Å². The second-order valence-electron chi connectivity index (χ2n) is 5.89. The van der Waals surface area contributed by atoms with Gasteiger partial charge in [0.05, 0.1) is 0 Å². The number of carbonyl (C=O) groups is 1. The zero-order valence-corrected chi connectivity index (χ0v) is 12.8. The summed E-state index contributed by atoms with van der Waals surface area (Å²) in [5.41, 5.74) is 3.62. The first kappa shape index (κ1) is 15.3. The molecule has 0 radical (unpaired) electrons. The molecule has 2 aliphatic rings. The van der Waals surface area contributed by atoms with Crippen LogP contribution in [0.3, 0.4) is 0 Å². The summed E-state index contributed by atoms with van der Waals surface area (Å²) in [5, 5.41) is 6.59. The Hall–Kier alpha value is -1.06. The van der Waals surface area contributed by atoms with Gasteiger partial charge in [0, 0.05) is 17.6 Å². The standard InChI is InChI=1S/C16H22N2O.ClH/c1-11-9-15(7-8-17-11)18-16(19)14-6-5-12-3-2-4-13(12)10-14;/h5-6,10-11,15,17H,2-4,7-9H2,1H3,(H,18,19);1H. The van der Waals surface area contributed by atoms with Gasteiger partial charge in [-0.25, -0.2) is 0 Å². The molecule has 2 unspecified atom stereocenters. The van der Waals surface area contributed by atoms with Crippen LogP contribution in [0.25, 0.3) is 0 Å². The smallest absolute Gasteiger partial charge is 0.251 e. The Balaban J connectivity index is 0.00000147. The van der Waals surface area contributed by atoms with Crippen molar-refractivity contribution in [2.75, 3.05) is 6.54 Å². The summed E-state index contributed by atoms with van der Waals surface area (Å²) in [6.45, 7) is 3.17. The first-order valence-electron chi connectivity index (χ1n) is 7.38. The number of halogens is 1. The number of aryl methyl sites for hydroxylation is 2. The molecule has 3 rings (SSSR count). The number of carbonyl (C=O) groups excluding carboxylic acids is 1. The average Bonchev–Trinajstić information content (AvgIpc) is 2.85. The van der Waals surface area contributed by atoms with E-state index in [1.807, 2.05) is 6.07 Å². The molecule has 0 bridgehead atoms. The minimum absolute atomic E-state index is 0. The van der Waals surface area contributed by atoms with E-state index in [4.69, 9.17) is 0 Å². The van der Waals surface area contributed by atoms with Crippen LogP contribution in [0.4, 0.5) is 0 Å². The Morgan fingerprint density at radius 3 is 2.90 bits per heavy atom. The van der Waals surface area contributed by atoms with Crippen molar-refractivity contribution in [3.8, 4) is 0 Å². The Bertz CT molecular complexity index is 489. The first-order valence-corrected chi connectivity index (χ1v) is 7.38. The van der Waals surface area contributed by atoms with E-state index >= 15 is 0 Å². The number of piperidine rings is 1. The molecule has 20 heavy (non-hydrogen) atoms. The number of amides is 1. The molecular formula is C16H23ClN2O. The summed E-state index contributed by atoms with van der Waals surface area (Å²) >= 11 is 0. The molecule has 4 heteroatoms. The molecule has 1 saturated heterocycles. The molecule has 1 fully saturated rings. The molecule has 1 aliphatic heterocycles. The summed E-state index contributed by atoms with van der Waals surface area (Å²) in [4.78, 5) is 12.3. The molecule has 1 aliphatic carbocycles. The lowest BCUT2D eigenvalue weighted by Crippen LogP contribution is -2.46. The quantitative estimate of drug-likeness (QED) is 0.880. The Morgan fingerprint density at radius 1 is 1.30 bits per heavy atom. The van der Waals surface area contributed by atoms with Crippen LogP contribution in [0, 0.1) is 0 Å². The Morgan fingerprint density at radius 2 is 2.10 bits per heavy atom. The zero-order chi connectivity index (χ0) is 13.2. The van der Waals surface area contributed by atoms with Crippen molar-refractivity contribution >= 4 is 18.3 Å². The van der Waals surface area contributed by atoms with Gasteiger partial charge in [-0.1, -0.05) is 6.07 Å². The predicted molar refractivity (Wildman–Crippen MR) is 83.7 cm³/mol. The highest BCUT2D eigenvalue weighted by molar-refractivity contribution is 5.94. The van der Waals surface area contributed by atoms with Gasteiger partial charge in [-0.3, -0.25) is 4.79 Å². The predicted octanol–water partition coefficient (Wildman–Crippen LogP) is 2.47. The van der Waals surface area contributed by atoms with Crippen LogP contribution < -0.4 is 10.6 Å². The molecule has 1 aromatic carbocycles. The van der Waals surface area contributed by atoms with Crippen LogP contribution >= 0.6 is 12.4 Å². The maximum absolute atomic E-state index is 12.3. The van der Waals surface area contributed by atoms with Gasteiger partial charge in [-0.2, -0.15) is 0 Å². The monoisotopic (exact) mass is 294 g/mol. The fraction of sp³-hybridized carbons (Fsp3) is 0.562. The lowest BCUT2D eigenvalue weighted by atomic mass is 9.99. The van der Waals surface area contributed by atoms with E-state index in [0.717, 1.165) is 31.4 Å². The Labute approximate surface area is 126 Å². The molecule has 1 amide bonds. The van der Waals surface area contributed by atoms with Crippen molar-refractivity contribution in [2.24, 2.45) is 0 Å². The molecule has 1 heterocycles. The molecule has 2 N–H and O–H groups in total. The number of benzene rings is 1. The summed E-state index contributed by atoms with van der Waals surface area (Å²) in [6, 6.07) is 7.00. The first-order chi connectivity index (χ1) is 9.22. The van der Waals surface area contributed by atoms with Gasteiger partial charge in [0.25, 0.3) is 5.91 Å². The molecule has 110 valence electrons. The van der Waals surface area contributed by atoms with Crippen LogP contribution in [-0.2, 0) is 12.8 Å². The number of fused-ring (bicyclic) bond motifs is 1. The second kappa shape index (κ2) is 6.59. The van der Waals surface area contributed by atoms with E-state index in [1.165, 1.54) is 24.0 Å². The van der Waals surface area contributed by atoms with E-state index in [0.29, 0.717) is 12.1 Å². The summed E-state index contributed by atoms with van der Waals surface area (Å²) in [5.74, 6) is 0.0915. The second-order valence-corrected chi connectivity index (χ2v) is 5.89. The fourth-order valence-corrected chi connectivity index (χ4v) is 3.24. The van der Waals surface area contributed by atoms with Crippen molar-refractivity contribution in [1.29, 1.82) is 0 Å². The van der Waals surface area contributed by atoms with Gasteiger partial charge >= 0.3 is 0 Å². The van der Waals surface area contributed by atoms with Gasteiger partial charge < -0.3 is 10.6 Å². The van der Waals surface area contributed by atoms with Gasteiger partial charge in [-0.15, -0.1) is 12.4 Å². The van der Waals surface area contributed by atoms with Crippen LogP contribution in [0.5, 0.6) is 0 Å². The molecule has 0 aromatic heterocycles. The van der Waals surface area contributed by atoms with Crippen LogP contribution in [0.1, 0.15) is 47.7 Å². The van der Waals surface area contributed by atoms with Crippen molar-refractivity contribution < 1.29 is 4.79 Å². The highest BCUT2D eigenvalue weighted by Crippen LogP contribution is 2.23. The van der Waals surface area contributed by atoms with E-state index in [9.17, 15) is 4.79 Å². The normalized spacial score (nSPS) is 24.6. The third-order valence-corrected chi connectivity index (χ3v) is 4.32. The lowest BCUT2D eigenvalue weighted by molar-refractivity contribution is 0.0925. The summed E-state index contributed by atoms with van der Waals surface area (Å²) in [6.07, 6.45) is 5.58. The minimum Gasteiger partial charge on any atom is -0.349 e. The fourth-order valence-electron chi connectivity index (χ4n) is 3.24. The number of nitrogens with one attached hydrogen (secondary N) is 2. The van der Waals surface area contributed by atoms with E-state index in [2.05, 4.69) is 29.7 Å². The molecule has 0 spiro atoms. The maximum Gasteiger partial charge on any atom is 0.251 e. The molecule has 3 nitrogen and oxygen atoms in total. The Kier molecular flexibility index (Phi) is 5.06. The highest BCUT2D eigenvalue weighted by atomic mass is 35.5. The largest absolute Gasteiger partial charge is 0.349 e. The summed E-state index contributed by atoms with van der Waals surface area (Å²) in [7, 11) is 0. The van der Waals surface area contributed by atoms with Gasteiger partial charge in [0.1, 0.15) is 0 Å². The minimum atomic E-state index is 0. The zero-order valence-electron chi connectivity index (χ0n) is 11.9. The van der Waals surface area contributed by atoms with Gasteiger partial charge in [0.15, 0.2) is 0 Å². The topological polar surface area (TPSA) is 41.1 Å². The summed E-state index contributed by atoms with van der Waals surface area (Å²) < 4.78 is 0. The van der Waals surface area contributed by atoms with Crippen molar-refractivity contribution in [3.05, 3.63) is 34.9 Å². The third-order valence-electron chi connectivity index (χ3n) is 4.32. The highest BCUT2D eigenvalue weighted by Gasteiger charge is 2.21. The SMILES string of the molecule is CC1CC(NC(=O)c2ccc3c(c2)CCC3)CCN1.Cl. The van der Waals surface area contributed by atoms with Crippen molar-refractivity contribution in [3.63, 3.8) is 0 Å². The molecule has 2 atom stereocenters. The third kappa shape index (κ3) is 3.33. The van der Waals surface area contributed by atoms with E-state index < -0.39 is 0 Å². The van der Waals surface area contributed by atoms with Gasteiger partial charge in [0.2, 0.25) is 0 Å². The number of hydrogen-bond donors (Lipinski definition) is 2. The van der Waals surface area contributed by atoms with E-state index in [-0.39, 0.29) is 18.3 Å². The molecule has 1 aromatic rings. The lowest BCUT2D eigenvalue weighted by Gasteiger charge is -2.28. The van der Waals surface area contributed by atoms with Crippen LogP contribution in [-0.4, -0.2) is 24.5 Å². The van der Waals surface area contributed by atoms with Crippen LogP contribution in [0.2, 0.25) is 0 Å². The maximum atomic E-state index is 12.3. The average molecular weight is 295 g/mol. The molecular weight excluding hydrogens is 272 g/mol. The number of rotatable bonds is 2. The molecule has 0 saturated carbocycles. The van der Waals surface area contributed by atoms with Crippen molar-refractivity contribution in [1.82, 2.24) is 10.6 Å². The number of hydrogen-bond acceptors (Lipinski definition) is 2.